The maximum absolute atomic E-state index is 11.5. The quantitative estimate of drug-likeness (QED) is 0.497. The zero-order chi connectivity index (χ0) is 14.1. The Morgan fingerprint density at radius 2 is 1.79 bits per heavy atom. The lowest BCUT2D eigenvalue weighted by Gasteiger charge is -2.33. The Labute approximate surface area is 114 Å². The zero-order valence-corrected chi connectivity index (χ0v) is 11.6. The van der Waals surface area contributed by atoms with Crippen LogP contribution in [0.15, 0.2) is 12.7 Å². The Hall–Kier alpha value is -1.40. The van der Waals surface area contributed by atoms with Crippen LogP contribution in [0.25, 0.3) is 0 Å². The van der Waals surface area contributed by atoms with E-state index in [-0.39, 0.29) is 11.9 Å². The van der Waals surface area contributed by atoms with E-state index >= 15 is 0 Å². The fraction of sp³-hybridized carbons (Fsp3) is 0.692. The van der Waals surface area contributed by atoms with Gasteiger partial charge in [-0.1, -0.05) is 6.08 Å². The molecular formula is C13H23N3O3. The van der Waals surface area contributed by atoms with Crippen LogP contribution >= 0.6 is 0 Å². The molecular weight excluding hydrogens is 246 g/mol. The van der Waals surface area contributed by atoms with Crippen molar-refractivity contribution in [2.24, 2.45) is 0 Å². The van der Waals surface area contributed by atoms with Gasteiger partial charge in [0.05, 0.1) is 19.7 Å². The summed E-state index contributed by atoms with van der Waals surface area (Å²) in [6.07, 6.45) is 1.66. The first kappa shape index (κ1) is 15.7. The highest BCUT2D eigenvalue weighted by molar-refractivity contribution is 5.78. The van der Waals surface area contributed by atoms with Gasteiger partial charge in [0.25, 0.3) is 0 Å². The van der Waals surface area contributed by atoms with E-state index in [1.807, 2.05) is 0 Å². The average molecular weight is 269 g/mol. The predicted octanol–water partition coefficient (Wildman–Crippen LogP) is -0.531. The average Bonchev–Trinajstić information content (AvgIpc) is 2.39. The number of rotatable bonds is 7. The number of nitrogens with one attached hydrogen (secondary N) is 1. The first-order chi connectivity index (χ1) is 9.15. The van der Waals surface area contributed by atoms with Gasteiger partial charge in [-0.3, -0.25) is 19.4 Å². The van der Waals surface area contributed by atoms with Crippen molar-refractivity contribution in [3.05, 3.63) is 12.7 Å². The number of piperazine rings is 1. The molecule has 1 aliphatic rings. The molecule has 1 heterocycles. The number of hydrogen-bond donors (Lipinski definition) is 1. The lowest BCUT2D eigenvalue weighted by atomic mass is 10.3. The molecule has 0 aromatic heterocycles. The second-order valence-corrected chi connectivity index (χ2v) is 4.45. The molecule has 6 nitrogen and oxygen atoms in total. The SMILES string of the molecule is C=CCNC(=O)CN1CCN(CC(=O)OCC)CC1. The molecule has 0 atom stereocenters. The molecule has 0 aliphatic carbocycles. The summed E-state index contributed by atoms with van der Waals surface area (Å²) in [5, 5.41) is 2.75. The Morgan fingerprint density at radius 3 is 2.32 bits per heavy atom. The van der Waals surface area contributed by atoms with Gasteiger partial charge in [-0.05, 0) is 6.92 Å². The molecule has 0 saturated carbocycles. The van der Waals surface area contributed by atoms with Crippen molar-refractivity contribution in [1.29, 1.82) is 0 Å². The van der Waals surface area contributed by atoms with Crippen LogP contribution in [0.1, 0.15) is 6.92 Å². The molecule has 1 aliphatic heterocycles. The third-order valence-electron chi connectivity index (χ3n) is 2.93. The van der Waals surface area contributed by atoms with Crippen LogP contribution in [-0.2, 0) is 14.3 Å². The molecule has 19 heavy (non-hydrogen) atoms. The van der Waals surface area contributed by atoms with Crippen molar-refractivity contribution in [1.82, 2.24) is 15.1 Å². The molecule has 108 valence electrons. The van der Waals surface area contributed by atoms with Crippen LogP contribution in [-0.4, -0.2) is 74.1 Å². The van der Waals surface area contributed by atoms with E-state index in [9.17, 15) is 9.59 Å². The van der Waals surface area contributed by atoms with Crippen LogP contribution in [0.4, 0.5) is 0 Å². The summed E-state index contributed by atoms with van der Waals surface area (Å²) in [6.45, 7) is 10.2. The van der Waals surface area contributed by atoms with Crippen LogP contribution in [0, 0.1) is 0 Å². The van der Waals surface area contributed by atoms with Gasteiger partial charge >= 0.3 is 5.97 Å². The summed E-state index contributed by atoms with van der Waals surface area (Å²) in [6, 6.07) is 0. The largest absolute Gasteiger partial charge is 0.465 e. The van der Waals surface area contributed by atoms with E-state index in [1.54, 1.807) is 13.0 Å². The maximum atomic E-state index is 11.5. The minimum absolute atomic E-state index is 0.0127. The number of ether oxygens (including phenoxy) is 1. The van der Waals surface area contributed by atoms with Crippen molar-refractivity contribution >= 4 is 11.9 Å². The summed E-state index contributed by atoms with van der Waals surface area (Å²) in [5.41, 5.74) is 0. The normalized spacial score (nSPS) is 16.9. The van der Waals surface area contributed by atoms with Crippen LogP contribution in [0.2, 0.25) is 0 Å². The Bertz CT molecular complexity index is 312. The summed E-state index contributed by atoms with van der Waals surface area (Å²) in [7, 11) is 0. The third kappa shape index (κ3) is 6.35. The monoisotopic (exact) mass is 269 g/mol. The number of nitrogens with zero attached hydrogens (tertiary/aromatic N) is 2. The van der Waals surface area contributed by atoms with Crippen molar-refractivity contribution in [2.75, 3.05) is 52.4 Å². The van der Waals surface area contributed by atoms with Crippen molar-refractivity contribution < 1.29 is 14.3 Å². The first-order valence-electron chi connectivity index (χ1n) is 6.63. The summed E-state index contributed by atoms with van der Waals surface area (Å²) < 4.78 is 4.91. The molecule has 0 aromatic rings. The Kier molecular flexibility index (Phi) is 7.14. The van der Waals surface area contributed by atoms with E-state index in [4.69, 9.17) is 4.74 Å². The van der Waals surface area contributed by atoms with Crippen molar-refractivity contribution in [3.8, 4) is 0 Å². The first-order valence-corrected chi connectivity index (χ1v) is 6.63. The van der Waals surface area contributed by atoms with Gasteiger partial charge < -0.3 is 10.1 Å². The van der Waals surface area contributed by atoms with E-state index < -0.39 is 0 Å². The van der Waals surface area contributed by atoms with Gasteiger partial charge in [0.2, 0.25) is 5.91 Å². The van der Waals surface area contributed by atoms with Gasteiger partial charge in [0.1, 0.15) is 0 Å². The number of hydrogen-bond acceptors (Lipinski definition) is 5. The molecule has 1 amide bonds. The lowest BCUT2D eigenvalue weighted by molar-refractivity contribution is -0.145. The fourth-order valence-electron chi connectivity index (χ4n) is 1.94. The minimum Gasteiger partial charge on any atom is -0.465 e. The molecule has 0 unspecified atom stereocenters. The van der Waals surface area contributed by atoms with Crippen molar-refractivity contribution in [2.45, 2.75) is 6.92 Å². The molecule has 0 aromatic carbocycles. The molecule has 6 heteroatoms. The molecule has 0 spiro atoms. The second kappa shape index (κ2) is 8.66. The van der Waals surface area contributed by atoms with E-state index in [0.29, 0.717) is 26.2 Å². The van der Waals surface area contributed by atoms with Crippen LogP contribution in [0.5, 0.6) is 0 Å². The number of carbonyl (C=O) groups excluding carboxylic acids is 2. The van der Waals surface area contributed by atoms with Crippen molar-refractivity contribution in [3.63, 3.8) is 0 Å². The number of esters is 1. The second-order valence-electron chi connectivity index (χ2n) is 4.45. The Balaban J connectivity index is 2.19. The summed E-state index contributed by atoms with van der Waals surface area (Å²) >= 11 is 0. The lowest BCUT2D eigenvalue weighted by Crippen LogP contribution is -2.50. The highest BCUT2D eigenvalue weighted by Gasteiger charge is 2.20. The van der Waals surface area contributed by atoms with Gasteiger partial charge in [-0.2, -0.15) is 0 Å². The zero-order valence-electron chi connectivity index (χ0n) is 11.6. The van der Waals surface area contributed by atoms with Gasteiger partial charge in [0.15, 0.2) is 0 Å². The van der Waals surface area contributed by atoms with E-state index in [1.165, 1.54) is 0 Å². The molecule has 1 N–H and O–H groups in total. The minimum atomic E-state index is -0.181. The van der Waals surface area contributed by atoms with E-state index in [2.05, 4.69) is 21.7 Å². The van der Waals surface area contributed by atoms with Gasteiger partial charge in [0, 0.05) is 32.7 Å². The molecule has 1 fully saturated rings. The topological polar surface area (TPSA) is 61.9 Å². The molecule has 1 saturated heterocycles. The predicted molar refractivity (Wildman–Crippen MR) is 72.7 cm³/mol. The van der Waals surface area contributed by atoms with Gasteiger partial charge in [-0.15, -0.1) is 6.58 Å². The number of amides is 1. The van der Waals surface area contributed by atoms with Gasteiger partial charge in [-0.25, -0.2) is 0 Å². The number of carbonyl (C=O) groups is 2. The van der Waals surface area contributed by atoms with Crippen LogP contribution < -0.4 is 5.32 Å². The summed E-state index contributed by atoms with van der Waals surface area (Å²) in [4.78, 5) is 27.0. The van der Waals surface area contributed by atoms with Crippen LogP contribution in [0.3, 0.4) is 0 Å². The highest BCUT2D eigenvalue weighted by Crippen LogP contribution is 2.01. The standard InChI is InChI=1S/C13H23N3O3/c1-3-5-14-12(17)10-15-6-8-16(9-7-15)11-13(18)19-4-2/h3H,1,4-11H2,2H3,(H,14,17). The smallest absolute Gasteiger partial charge is 0.320 e. The maximum Gasteiger partial charge on any atom is 0.320 e. The summed E-state index contributed by atoms with van der Waals surface area (Å²) in [5.74, 6) is -0.168. The molecule has 0 radical (unpaired) electrons. The van der Waals surface area contributed by atoms with E-state index in [0.717, 1.165) is 26.2 Å². The third-order valence-corrected chi connectivity index (χ3v) is 2.93. The Morgan fingerprint density at radius 1 is 1.21 bits per heavy atom. The fourth-order valence-corrected chi connectivity index (χ4v) is 1.94. The highest BCUT2D eigenvalue weighted by atomic mass is 16.5. The molecule has 0 bridgehead atoms. The molecule has 1 rings (SSSR count).